The van der Waals surface area contributed by atoms with Crippen LogP contribution >= 0.6 is 0 Å². The maximum absolute atomic E-state index is 12.5. The van der Waals surface area contributed by atoms with Crippen LogP contribution in [0.4, 0.5) is 0 Å². The first-order valence-electron chi connectivity index (χ1n) is 22.5. The summed E-state index contributed by atoms with van der Waals surface area (Å²) in [6.45, 7) is 4.51. The molecule has 0 aliphatic carbocycles. The molecule has 3 N–H and O–H groups in total. The molecule has 0 aromatic rings. The normalized spacial score (nSPS) is 13.8. The number of nitrogens with one attached hydrogen (secondary N) is 1. The standard InChI is InChI=1S/C47H85NO5S/c1-3-5-7-9-11-13-15-17-19-21-23-25-26-28-30-32-34-36-38-40-42-46(49)45(44-54(51,52)53)48-47(50)43-41-39-37-35-33-31-29-27-24-22-20-18-16-14-12-10-8-6-4-2/h12,14,18,20,24,27,32,34,40,42,45-46,49H,3-11,13,15-17,19,21-23,25-26,28-31,33,35-39,41,43-44H2,1-2H3,(H,48,50)(H,51,52,53)/b14-12-,20-18-,27-24-,34-32+,42-40+. The molecular formula is C47H85NO5S. The number of rotatable bonds is 40. The molecule has 54 heavy (non-hydrogen) atoms. The van der Waals surface area contributed by atoms with E-state index in [9.17, 15) is 22.9 Å². The van der Waals surface area contributed by atoms with Gasteiger partial charge in [-0.15, -0.1) is 0 Å². The van der Waals surface area contributed by atoms with Crippen molar-refractivity contribution in [3.63, 3.8) is 0 Å². The molecule has 2 atom stereocenters. The fourth-order valence-corrected chi connectivity index (χ4v) is 7.27. The molecule has 6 nitrogen and oxygen atoms in total. The van der Waals surface area contributed by atoms with Gasteiger partial charge >= 0.3 is 0 Å². The van der Waals surface area contributed by atoms with E-state index in [2.05, 4.69) is 67.8 Å². The molecule has 0 aromatic heterocycles. The van der Waals surface area contributed by atoms with E-state index in [1.807, 2.05) is 6.08 Å². The highest BCUT2D eigenvalue weighted by Crippen LogP contribution is 2.14. The lowest BCUT2D eigenvalue weighted by Gasteiger charge is -2.21. The number of carbonyl (C=O) groups is 1. The zero-order chi connectivity index (χ0) is 39.6. The third kappa shape index (κ3) is 41.2. The van der Waals surface area contributed by atoms with Crippen molar-refractivity contribution in [1.82, 2.24) is 5.32 Å². The lowest BCUT2D eigenvalue weighted by Crippen LogP contribution is -2.46. The Hall–Kier alpha value is -1.96. The number of amides is 1. The van der Waals surface area contributed by atoms with Crippen molar-refractivity contribution in [3.8, 4) is 0 Å². The summed E-state index contributed by atoms with van der Waals surface area (Å²) in [7, 11) is -4.36. The maximum Gasteiger partial charge on any atom is 0.267 e. The fraction of sp³-hybridized carbons (Fsp3) is 0.766. The molecule has 0 aliphatic rings. The van der Waals surface area contributed by atoms with Gasteiger partial charge in [0.2, 0.25) is 5.91 Å². The lowest BCUT2D eigenvalue weighted by molar-refractivity contribution is -0.122. The number of allylic oxidation sites excluding steroid dienone is 9. The number of aliphatic hydroxyl groups excluding tert-OH is 1. The van der Waals surface area contributed by atoms with Crippen molar-refractivity contribution in [3.05, 3.63) is 60.8 Å². The summed E-state index contributed by atoms with van der Waals surface area (Å²) in [4.78, 5) is 12.5. The van der Waals surface area contributed by atoms with Crippen LogP contribution in [-0.4, -0.2) is 41.9 Å². The third-order valence-corrected chi connectivity index (χ3v) is 10.7. The zero-order valence-electron chi connectivity index (χ0n) is 35.1. The summed E-state index contributed by atoms with van der Waals surface area (Å²) in [5, 5.41) is 13.2. The van der Waals surface area contributed by atoms with Crippen molar-refractivity contribution < 1.29 is 22.9 Å². The van der Waals surface area contributed by atoms with Gasteiger partial charge in [0.1, 0.15) is 0 Å². The number of carbonyl (C=O) groups excluding carboxylic acids is 1. The van der Waals surface area contributed by atoms with Crippen molar-refractivity contribution in [2.75, 3.05) is 5.75 Å². The monoisotopic (exact) mass is 776 g/mol. The minimum absolute atomic E-state index is 0.271. The molecule has 0 saturated carbocycles. The highest BCUT2D eigenvalue weighted by Gasteiger charge is 2.24. The molecule has 0 bridgehead atoms. The van der Waals surface area contributed by atoms with E-state index < -0.39 is 28.0 Å². The molecule has 1 amide bonds. The van der Waals surface area contributed by atoms with E-state index in [4.69, 9.17) is 0 Å². The number of hydrogen-bond donors (Lipinski definition) is 3. The Kier molecular flexibility index (Phi) is 39.2. The van der Waals surface area contributed by atoms with E-state index >= 15 is 0 Å². The Balaban J connectivity index is 3.96. The second kappa shape index (κ2) is 40.7. The molecule has 0 aliphatic heterocycles. The largest absolute Gasteiger partial charge is 0.387 e. The van der Waals surface area contributed by atoms with Gasteiger partial charge in [-0.25, -0.2) is 0 Å². The van der Waals surface area contributed by atoms with Gasteiger partial charge in [0.05, 0.1) is 17.9 Å². The van der Waals surface area contributed by atoms with Crippen LogP contribution in [0.1, 0.15) is 213 Å². The van der Waals surface area contributed by atoms with E-state index in [0.717, 1.165) is 51.4 Å². The van der Waals surface area contributed by atoms with Crippen LogP contribution in [-0.2, 0) is 14.9 Å². The quantitative estimate of drug-likeness (QED) is 0.0327. The maximum atomic E-state index is 12.5. The van der Waals surface area contributed by atoms with Crippen LogP contribution in [0.15, 0.2) is 60.8 Å². The fourth-order valence-electron chi connectivity index (χ4n) is 6.53. The minimum Gasteiger partial charge on any atom is -0.387 e. The van der Waals surface area contributed by atoms with Crippen LogP contribution in [0.3, 0.4) is 0 Å². The lowest BCUT2D eigenvalue weighted by atomic mass is 10.0. The summed E-state index contributed by atoms with van der Waals surface area (Å²) in [6, 6.07) is -1.08. The molecule has 0 aromatic carbocycles. The van der Waals surface area contributed by atoms with E-state index in [1.54, 1.807) is 0 Å². The average molecular weight is 776 g/mol. The molecule has 0 fully saturated rings. The smallest absolute Gasteiger partial charge is 0.267 e. The predicted molar refractivity (Wildman–Crippen MR) is 235 cm³/mol. The first kappa shape index (κ1) is 52.0. The average Bonchev–Trinajstić information content (AvgIpc) is 3.14. The van der Waals surface area contributed by atoms with Crippen molar-refractivity contribution in [1.29, 1.82) is 0 Å². The molecule has 0 saturated heterocycles. The van der Waals surface area contributed by atoms with Crippen LogP contribution in [0.2, 0.25) is 0 Å². The Labute approximate surface area is 334 Å². The van der Waals surface area contributed by atoms with Gasteiger partial charge in [0.15, 0.2) is 0 Å². The van der Waals surface area contributed by atoms with Gasteiger partial charge in [-0.1, -0.05) is 197 Å². The summed E-state index contributed by atoms with van der Waals surface area (Å²) in [5.74, 6) is -1.02. The Morgan fingerprint density at radius 2 is 0.852 bits per heavy atom. The third-order valence-electron chi connectivity index (χ3n) is 9.92. The minimum atomic E-state index is -4.36. The van der Waals surface area contributed by atoms with E-state index in [0.29, 0.717) is 12.8 Å². The van der Waals surface area contributed by atoms with Crippen LogP contribution in [0, 0.1) is 0 Å². The molecule has 0 spiro atoms. The second-order valence-electron chi connectivity index (χ2n) is 15.3. The Morgan fingerprint density at radius 3 is 1.33 bits per heavy atom. The van der Waals surface area contributed by atoms with Gasteiger partial charge in [0.25, 0.3) is 10.1 Å². The molecule has 0 radical (unpaired) electrons. The zero-order valence-corrected chi connectivity index (χ0v) is 35.9. The van der Waals surface area contributed by atoms with E-state index in [1.165, 1.54) is 134 Å². The summed E-state index contributed by atoms with van der Waals surface area (Å²) < 4.78 is 32.6. The topological polar surface area (TPSA) is 104 Å². The van der Waals surface area contributed by atoms with Gasteiger partial charge < -0.3 is 10.4 Å². The Bertz CT molecular complexity index is 1080. The second-order valence-corrected chi connectivity index (χ2v) is 16.8. The van der Waals surface area contributed by atoms with Gasteiger partial charge in [-0.05, 0) is 70.6 Å². The summed E-state index contributed by atoms with van der Waals surface area (Å²) >= 11 is 0. The molecule has 0 rings (SSSR count). The molecule has 7 heteroatoms. The Morgan fingerprint density at radius 1 is 0.500 bits per heavy atom. The van der Waals surface area contributed by atoms with Gasteiger partial charge in [-0.2, -0.15) is 8.42 Å². The van der Waals surface area contributed by atoms with Crippen molar-refractivity contribution in [2.24, 2.45) is 0 Å². The van der Waals surface area contributed by atoms with Crippen molar-refractivity contribution in [2.45, 2.75) is 225 Å². The molecule has 314 valence electrons. The highest BCUT2D eigenvalue weighted by atomic mass is 32.2. The molecule has 2 unspecified atom stereocenters. The number of unbranched alkanes of at least 4 members (excludes halogenated alkanes) is 24. The number of aliphatic hydroxyl groups is 1. The van der Waals surface area contributed by atoms with Gasteiger partial charge in [-0.3, -0.25) is 9.35 Å². The van der Waals surface area contributed by atoms with Crippen molar-refractivity contribution >= 4 is 16.0 Å². The van der Waals surface area contributed by atoms with Crippen LogP contribution in [0.25, 0.3) is 0 Å². The van der Waals surface area contributed by atoms with Crippen LogP contribution < -0.4 is 5.32 Å². The van der Waals surface area contributed by atoms with E-state index in [-0.39, 0.29) is 12.3 Å². The molecular weight excluding hydrogens is 691 g/mol. The molecule has 0 heterocycles. The summed E-state index contributed by atoms with van der Waals surface area (Å²) in [6.07, 6.45) is 56.4. The highest BCUT2D eigenvalue weighted by molar-refractivity contribution is 7.85. The summed E-state index contributed by atoms with van der Waals surface area (Å²) in [5.41, 5.74) is 0. The first-order valence-corrected chi connectivity index (χ1v) is 24.1. The van der Waals surface area contributed by atoms with Gasteiger partial charge in [0, 0.05) is 6.42 Å². The first-order chi connectivity index (χ1) is 26.3. The number of hydrogen-bond acceptors (Lipinski definition) is 4. The predicted octanol–water partition coefficient (Wildman–Crippen LogP) is 13.6. The van der Waals surface area contributed by atoms with Crippen LogP contribution in [0.5, 0.6) is 0 Å². The SMILES string of the molecule is CCCCC/C=C\C/C=C\C/C=C\CCCCCCCCC(=O)NC(CS(=O)(=O)O)C(O)/C=C/CC/C=C/CCCCCCCCCCCCCCCC.